The smallest absolute Gasteiger partial charge is 0.260 e. The average molecular weight is 347 g/mol. The number of piperazine rings is 1. The zero-order chi connectivity index (χ0) is 16.9. The first-order chi connectivity index (χ1) is 11.6. The summed E-state index contributed by atoms with van der Waals surface area (Å²) in [6.07, 6.45) is 3.44. The molecule has 0 spiro atoms. The Kier molecular flexibility index (Phi) is 5.15. The van der Waals surface area contributed by atoms with Crippen molar-refractivity contribution in [2.45, 2.75) is 6.92 Å². The summed E-state index contributed by atoms with van der Waals surface area (Å²) in [5.41, 5.74) is 1.04. The van der Waals surface area contributed by atoms with Gasteiger partial charge in [-0.15, -0.1) is 0 Å². The zero-order valence-electron chi connectivity index (χ0n) is 13.5. The third-order valence-corrected chi connectivity index (χ3v) is 4.22. The Balaban J connectivity index is 1.51. The number of rotatable bonds is 4. The molecule has 2 aromatic rings. The topological polar surface area (TPSA) is 58.6 Å². The lowest BCUT2D eigenvalue weighted by atomic mass is 10.2. The van der Waals surface area contributed by atoms with Gasteiger partial charge in [0.1, 0.15) is 5.75 Å². The highest BCUT2D eigenvalue weighted by molar-refractivity contribution is 6.32. The summed E-state index contributed by atoms with van der Waals surface area (Å²) in [5.74, 6) is 1.20. The molecule has 0 saturated carbocycles. The highest BCUT2D eigenvalue weighted by atomic mass is 35.5. The normalized spacial score (nSPS) is 14.6. The monoisotopic (exact) mass is 346 g/mol. The molecule has 1 fully saturated rings. The maximum atomic E-state index is 12.3. The molecular formula is C17H19ClN4O2. The minimum atomic E-state index is -0.0406. The number of aromatic nitrogens is 2. The molecule has 1 saturated heterocycles. The van der Waals surface area contributed by atoms with Crippen molar-refractivity contribution < 1.29 is 9.53 Å². The van der Waals surface area contributed by atoms with Gasteiger partial charge in [-0.3, -0.25) is 4.79 Å². The lowest BCUT2D eigenvalue weighted by molar-refractivity contribution is -0.133. The average Bonchev–Trinajstić information content (AvgIpc) is 2.63. The van der Waals surface area contributed by atoms with E-state index in [1.54, 1.807) is 29.4 Å². The Morgan fingerprint density at radius 1 is 1.21 bits per heavy atom. The van der Waals surface area contributed by atoms with Crippen LogP contribution in [0.5, 0.6) is 5.75 Å². The molecule has 6 nitrogen and oxygen atoms in total. The van der Waals surface area contributed by atoms with Gasteiger partial charge in [0.2, 0.25) is 5.95 Å². The summed E-state index contributed by atoms with van der Waals surface area (Å²) in [5, 5.41) is 0.513. The lowest BCUT2D eigenvalue weighted by Crippen LogP contribution is -2.50. The number of hydrogen-bond acceptors (Lipinski definition) is 5. The van der Waals surface area contributed by atoms with E-state index in [0.29, 0.717) is 42.9 Å². The molecular weight excluding hydrogens is 328 g/mol. The highest BCUT2D eigenvalue weighted by Crippen LogP contribution is 2.25. The molecule has 0 bridgehead atoms. The largest absolute Gasteiger partial charge is 0.482 e. The van der Waals surface area contributed by atoms with E-state index in [1.165, 1.54) is 0 Å². The van der Waals surface area contributed by atoms with Crippen molar-refractivity contribution in [1.29, 1.82) is 0 Å². The Labute approximate surface area is 146 Å². The molecule has 0 unspecified atom stereocenters. The van der Waals surface area contributed by atoms with Crippen LogP contribution in [0.3, 0.4) is 0 Å². The molecule has 1 aliphatic heterocycles. The molecule has 7 heteroatoms. The van der Waals surface area contributed by atoms with Gasteiger partial charge < -0.3 is 14.5 Å². The van der Waals surface area contributed by atoms with Gasteiger partial charge in [0.15, 0.2) is 6.61 Å². The van der Waals surface area contributed by atoms with E-state index in [9.17, 15) is 4.79 Å². The fraction of sp³-hybridized carbons (Fsp3) is 0.353. The molecule has 0 N–H and O–H groups in total. The predicted molar refractivity (Wildman–Crippen MR) is 92.5 cm³/mol. The van der Waals surface area contributed by atoms with Crippen molar-refractivity contribution in [1.82, 2.24) is 14.9 Å². The van der Waals surface area contributed by atoms with Crippen LogP contribution in [0.2, 0.25) is 5.02 Å². The first-order valence-corrected chi connectivity index (χ1v) is 8.20. The molecule has 1 aromatic carbocycles. The van der Waals surface area contributed by atoms with Crippen LogP contribution in [-0.4, -0.2) is 53.6 Å². The summed E-state index contributed by atoms with van der Waals surface area (Å²) < 4.78 is 5.58. The van der Waals surface area contributed by atoms with Crippen molar-refractivity contribution in [2.75, 3.05) is 37.7 Å². The van der Waals surface area contributed by atoms with Crippen LogP contribution >= 0.6 is 11.6 Å². The van der Waals surface area contributed by atoms with Gasteiger partial charge in [-0.1, -0.05) is 17.7 Å². The minimum Gasteiger partial charge on any atom is -0.482 e. The number of carbonyl (C=O) groups excluding carboxylic acids is 1. The number of nitrogens with zero attached hydrogens (tertiary/aromatic N) is 4. The molecule has 3 rings (SSSR count). The Bertz CT molecular complexity index is 703. The summed E-state index contributed by atoms with van der Waals surface area (Å²) in [6.45, 7) is 4.62. The quantitative estimate of drug-likeness (QED) is 0.849. The molecule has 2 heterocycles. The molecule has 0 radical (unpaired) electrons. The summed E-state index contributed by atoms with van der Waals surface area (Å²) in [4.78, 5) is 24.7. The van der Waals surface area contributed by atoms with Gasteiger partial charge in [0.05, 0.1) is 5.02 Å². The third kappa shape index (κ3) is 3.94. The third-order valence-electron chi connectivity index (χ3n) is 3.91. The number of benzene rings is 1. The summed E-state index contributed by atoms with van der Waals surface area (Å²) in [7, 11) is 0. The van der Waals surface area contributed by atoms with Crippen LogP contribution in [-0.2, 0) is 4.79 Å². The van der Waals surface area contributed by atoms with Crippen LogP contribution < -0.4 is 9.64 Å². The highest BCUT2D eigenvalue weighted by Gasteiger charge is 2.22. The fourth-order valence-electron chi connectivity index (χ4n) is 2.56. The molecule has 1 aliphatic rings. The van der Waals surface area contributed by atoms with Gasteiger partial charge in [-0.25, -0.2) is 9.97 Å². The van der Waals surface area contributed by atoms with Gasteiger partial charge in [0, 0.05) is 38.6 Å². The van der Waals surface area contributed by atoms with Crippen molar-refractivity contribution in [3.63, 3.8) is 0 Å². The van der Waals surface area contributed by atoms with E-state index in [-0.39, 0.29) is 12.5 Å². The minimum absolute atomic E-state index is 0.00892. The molecule has 126 valence electrons. The van der Waals surface area contributed by atoms with E-state index < -0.39 is 0 Å². The van der Waals surface area contributed by atoms with Crippen molar-refractivity contribution in [3.8, 4) is 5.75 Å². The standard InChI is InChI=1S/C17H19ClN4O2/c1-13-3-4-14(18)15(11-13)24-12-16(23)21-7-9-22(10-8-21)17-19-5-2-6-20-17/h2-6,11H,7-10,12H2,1H3. The number of ether oxygens (including phenoxy) is 1. The van der Waals surface area contributed by atoms with Gasteiger partial charge >= 0.3 is 0 Å². The summed E-state index contributed by atoms with van der Waals surface area (Å²) in [6, 6.07) is 7.30. The number of amides is 1. The molecule has 0 aliphatic carbocycles. The zero-order valence-corrected chi connectivity index (χ0v) is 14.2. The van der Waals surface area contributed by atoms with Crippen molar-refractivity contribution in [3.05, 3.63) is 47.2 Å². The Morgan fingerprint density at radius 2 is 1.92 bits per heavy atom. The van der Waals surface area contributed by atoms with E-state index in [2.05, 4.69) is 14.9 Å². The first kappa shape index (κ1) is 16.5. The number of carbonyl (C=O) groups is 1. The number of hydrogen-bond donors (Lipinski definition) is 0. The van der Waals surface area contributed by atoms with Gasteiger partial charge in [-0.2, -0.15) is 0 Å². The Morgan fingerprint density at radius 3 is 2.62 bits per heavy atom. The lowest BCUT2D eigenvalue weighted by Gasteiger charge is -2.34. The van der Waals surface area contributed by atoms with E-state index in [4.69, 9.17) is 16.3 Å². The second-order valence-electron chi connectivity index (χ2n) is 5.64. The maximum absolute atomic E-state index is 12.3. The first-order valence-electron chi connectivity index (χ1n) is 7.82. The van der Waals surface area contributed by atoms with Crippen LogP contribution in [0.15, 0.2) is 36.7 Å². The second-order valence-corrected chi connectivity index (χ2v) is 6.05. The number of halogens is 1. The van der Waals surface area contributed by atoms with E-state index in [0.717, 1.165) is 5.56 Å². The SMILES string of the molecule is Cc1ccc(Cl)c(OCC(=O)N2CCN(c3ncccn3)CC2)c1. The van der Waals surface area contributed by atoms with Crippen molar-refractivity contribution >= 4 is 23.5 Å². The van der Waals surface area contributed by atoms with Crippen LogP contribution in [0.1, 0.15) is 5.56 Å². The predicted octanol–water partition coefficient (Wildman–Crippen LogP) is 2.17. The molecule has 1 aromatic heterocycles. The molecule has 1 amide bonds. The van der Waals surface area contributed by atoms with Crippen LogP contribution in [0.4, 0.5) is 5.95 Å². The fourth-order valence-corrected chi connectivity index (χ4v) is 2.73. The van der Waals surface area contributed by atoms with Crippen LogP contribution in [0, 0.1) is 6.92 Å². The van der Waals surface area contributed by atoms with E-state index >= 15 is 0 Å². The van der Waals surface area contributed by atoms with Gasteiger partial charge in [0.25, 0.3) is 5.91 Å². The maximum Gasteiger partial charge on any atom is 0.260 e. The molecule has 0 atom stereocenters. The van der Waals surface area contributed by atoms with Gasteiger partial charge in [-0.05, 0) is 30.7 Å². The molecule has 24 heavy (non-hydrogen) atoms. The van der Waals surface area contributed by atoms with Crippen molar-refractivity contribution in [2.24, 2.45) is 0 Å². The number of anilines is 1. The van der Waals surface area contributed by atoms with E-state index in [1.807, 2.05) is 19.1 Å². The number of aryl methyl sites for hydroxylation is 1. The Hall–Kier alpha value is -2.34. The van der Waals surface area contributed by atoms with Crippen LogP contribution in [0.25, 0.3) is 0 Å². The second kappa shape index (κ2) is 7.49. The summed E-state index contributed by atoms with van der Waals surface area (Å²) >= 11 is 6.08.